The Kier molecular flexibility index (Phi) is 18.2. The molecule has 2 atom stereocenters. The molecule has 0 aliphatic rings. The molecule has 1 aromatic rings. The van der Waals surface area contributed by atoms with Gasteiger partial charge in [-0.3, -0.25) is 33.4 Å². The van der Waals surface area contributed by atoms with Crippen LogP contribution < -0.4 is 43.0 Å². The summed E-state index contributed by atoms with van der Waals surface area (Å²) in [4.78, 5) is 65.9. The first-order valence-electron chi connectivity index (χ1n) is 14.4. The van der Waals surface area contributed by atoms with Gasteiger partial charge in [-0.05, 0) is 40.8 Å². The Labute approximate surface area is 290 Å². The second-order valence-electron chi connectivity index (χ2n) is 11.6. The van der Waals surface area contributed by atoms with E-state index in [2.05, 4.69) is 42.2 Å². The molecule has 0 spiro atoms. The van der Waals surface area contributed by atoms with E-state index in [0.717, 1.165) is 5.69 Å². The number of aliphatic imine (C=N–C) groups is 1. The molecule has 0 fully saturated rings. The molecule has 0 saturated carbocycles. The third-order valence-electron chi connectivity index (χ3n) is 6.17. The first-order chi connectivity index (χ1) is 22.3. The number of carbonyl (C=O) groups excluding carboxylic acids is 5. The van der Waals surface area contributed by atoms with Crippen molar-refractivity contribution in [2.45, 2.75) is 50.7 Å². The Morgan fingerprint density at radius 2 is 1.57 bits per heavy atom. The van der Waals surface area contributed by atoms with E-state index in [1.54, 1.807) is 26.0 Å². The van der Waals surface area contributed by atoms with Gasteiger partial charge in [-0.2, -0.15) is 13.2 Å². The Balaban J connectivity index is 0.00000254. The number of halogens is 4. The predicted molar refractivity (Wildman–Crippen MR) is 177 cm³/mol. The molecule has 17 nitrogen and oxygen atoms in total. The molecule has 0 heterocycles. The lowest BCUT2D eigenvalue weighted by Crippen LogP contribution is -2.51. The highest BCUT2D eigenvalue weighted by molar-refractivity contribution is 9.10. The number of carbonyl (C=O) groups is 5. The van der Waals surface area contributed by atoms with Crippen LogP contribution in [0.2, 0.25) is 0 Å². The topological polar surface area (TPSA) is 281 Å². The standard InChI is InChI=1S/C26H42BrN9O5.CHF3O3S/c1-15(2)22(35-23(39)17-13-16(36(3,4)5)8-9-18(17)27)25(41)31-12-10-21(38)34-19(7-6-11-32-26(29)30)24(40)33-14-20(28)37;2-1(3,4)8(5,6)7/h8-9,13,15,19,22H,6-7,10-12,14H2,1-5H3,(H9-,28,29,30,31,32,33,34,35,37,38,39,40,41);(H,5,6,7)/t19-,22-;/m0./s1. The van der Waals surface area contributed by atoms with E-state index < -0.39 is 57.2 Å². The number of amides is 5. The van der Waals surface area contributed by atoms with Crippen LogP contribution in [0.5, 0.6) is 0 Å². The van der Waals surface area contributed by atoms with E-state index >= 15 is 0 Å². The number of nitrogens with zero attached hydrogens (tertiary/aromatic N) is 2. The van der Waals surface area contributed by atoms with Crippen molar-refractivity contribution in [1.29, 1.82) is 0 Å². The molecule has 1 aromatic carbocycles. The van der Waals surface area contributed by atoms with Crippen LogP contribution in [0, 0.1) is 5.92 Å². The summed E-state index contributed by atoms with van der Waals surface area (Å²) in [5, 5.41) is 10.4. The highest BCUT2D eigenvalue weighted by Gasteiger charge is 2.37. The van der Waals surface area contributed by atoms with Gasteiger partial charge in [0, 0.05) is 36.1 Å². The summed E-state index contributed by atoms with van der Waals surface area (Å²) in [6, 6.07) is 3.66. The average molecular weight is 791 g/mol. The molecule has 5 amide bonds. The van der Waals surface area contributed by atoms with Crippen molar-refractivity contribution in [3.63, 3.8) is 0 Å². The number of hydrogen-bond acceptors (Lipinski definition) is 9. The summed E-state index contributed by atoms with van der Waals surface area (Å²) < 4.78 is 60.0. The number of primary amides is 1. The third kappa shape index (κ3) is 17.8. The van der Waals surface area contributed by atoms with Crippen LogP contribution >= 0.6 is 15.9 Å². The number of nitrogens with one attached hydrogen (secondary N) is 4. The van der Waals surface area contributed by atoms with Gasteiger partial charge in [0.25, 0.3) is 5.91 Å². The molecule has 0 bridgehead atoms. The van der Waals surface area contributed by atoms with Gasteiger partial charge < -0.3 is 43.0 Å². The average Bonchev–Trinajstić information content (AvgIpc) is 2.94. The molecule has 0 aromatic heterocycles. The molecule has 0 aliphatic heterocycles. The highest BCUT2D eigenvalue weighted by Crippen LogP contribution is 2.25. The van der Waals surface area contributed by atoms with Crippen LogP contribution in [0.15, 0.2) is 27.7 Å². The summed E-state index contributed by atoms with van der Waals surface area (Å²) >= 11 is 3.41. The highest BCUT2D eigenvalue weighted by atomic mass is 79.9. The summed E-state index contributed by atoms with van der Waals surface area (Å²) in [6.07, 6.45) is 0.452. The molecule has 0 saturated heterocycles. The zero-order chi connectivity index (χ0) is 38.3. The summed E-state index contributed by atoms with van der Waals surface area (Å²) in [6.45, 7) is 3.42. The predicted octanol–water partition coefficient (Wildman–Crippen LogP) is -0.902. The number of nitrogens with two attached hydrogens (primary N) is 3. The Hall–Kier alpha value is -4.02. The second kappa shape index (κ2) is 19.8. The maximum atomic E-state index is 13.1. The van der Waals surface area contributed by atoms with Crippen molar-refractivity contribution in [3.8, 4) is 0 Å². The van der Waals surface area contributed by atoms with Crippen molar-refractivity contribution in [3.05, 3.63) is 28.2 Å². The van der Waals surface area contributed by atoms with Gasteiger partial charge in [-0.1, -0.05) is 13.8 Å². The minimum absolute atomic E-state index is 0.0337. The first-order valence-corrected chi connectivity index (χ1v) is 16.6. The van der Waals surface area contributed by atoms with Gasteiger partial charge in [0.1, 0.15) is 17.8 Å². The molecular weight excluding hydrogens is 747 g/mol. The second-order valence-corrected chi connectivity index (χ2v) is 13.8. The number of quaternary nitrogens is 1. The number of hydrogen-bond donors (Lipinski definition) is 7. The summed E-state index contributed by atoms with van der Waals surface area (Å²) in [5.41, 5.74) is 11.3. The SMILES string of the molecule is CC(C)[C@H](NC(=O)c1cc([N+](C)(C)C)ccc1Br)C(=O)NCCC(=O)N[C@@H](CCCN=C(N)N)C(=O)NCC(N)=O.O=S(=O)([O-])C(F)(F)F. The minimum atomic E-state index is -6.09. The van der Waals surface area contributed by atoms with E-state index in [1.165, 1.54) is 0 Å². The Morgan fingerprint density at radius 3 is 2.04 bits per heavy atom. The van der Waals surface area contributed by atoms with Crippen LogP contribution in [-0.2, 0) is 29.3 Å². The van der Waals surface area contributed by atoms with Crippen molar-refractivity contribution >= 4 is 67.2 Å². The fourth-order valence-electron chi connectivity index (χ4n) is 3.60. The molecule has 0 unspecified atom stereocenters. The molecule has 22 heteroatoms. The van der Waals surface area contributed by atoms with Crippen LogP contribution in [-0.4, -0.2) is 107 Å². The van der Waals surface area contributed by atoms with E-state index in [0.29, 0.717) is 20.9 Å². The van der Waals surface area contributed by atoms with Crippen molar-refractivity contribution in [2.24, 2.45) is 28.1 Å². The fourth-order valence-corrected chi connectivity index (χ4v) is 4.03. The molecule has 1 rings (SSSR count). The quantitative estimate of drug-likeness (QED) is 0.0271. The van der Waals surface area contributed by atoms with E-state index in [4.69, 9.17) is 30.2 Å². The maximum absolute atomic E-state index is 13.1. The number of rotatable bonds is 16. The lowest BCUT2D eigenvalue weighted by atomic mass is 10.0. The van der Waals surface area contributed by atoms with Crippen LogP contribution in [0.25, 0.3) is 0 Å². The van der Waals surface area contributed by atoms with Gasteiger partial charge in [0.2, 0.25) is 23.6 Å². The molecule has 49 heavy (non-hydrogen) atoms. The Bertz CT molecular complexity index is 1470. The lowest BCUT2D eigenvalue weighted by molar-refractivity contribution is -0.130. The van der Waals surface area contributed by atoms with Crippen molar-refractivity contribution < 1.29 is 50.1 Å². The zero-order valence-electron chi connectivity index (χ0n) is 27.5. The zero-order valence-corrected chi connectivity index (χ0v) is 29.9. The van der Waals surface area contributed by atoms with Gasteiger partial charge in [-0.15, -0.1) is 0 Å². The van der Waals surface area contributed by atoms with E-state index in [9.17, 15) is 37.1 Å². The smallest absolute Gasteiger partial charge is 0.485 e. The van der Waals surface area contributed by atoms with Crippen LogP contribution in [0.4, 0.5) is 18.9 Å². The van der Waals surface area contributed by atoms with E-state index in [1.807, 2.05) is 27.2 Å². The van der Waals surface area contributed by atoms with Crippen LogP contribution in [0.3, 0.4) is 0 Å². The largest absolute Gasteiger partial charge is 0.741 e. The minimum Gasteiger partial charge on any atom is -0.741 e. The molecule has 0 radical (unpaired) electrons. The number of alkyl halides is 3. The van der Waals surface area contributed by atoms with Crippen LogP contribution in [0.1, 0.15) is 43.5 Å². The fraction of sp³-hybridized carbons (Fsp3) is 0.556. The van der Waals surface area contributed by atoms with E-state index in [-0.39, 0.29) is 44.4 Å². The van der Waals surface area contributed by atoms with Gasteiger partial charge in [-0.25, -0.2) is 8.42 Å². The number of benzene rings is 1. The molecule has 10 N–H and O–H groups in total. The lowest BCUT2D eigenvalue weighted by Gasteiger charge is -2.25. The molecular formula is C27H43BrF3N9O8S. The molecule has 0 aliphatic carbocycles. The summed E-state index contributed by atoms with van der Waals surface area (Å²) in [5.74, 6) is -3.02. The van der Waals surface area contributed by atoms with Gasteiger partial charge >= 0.3 is 5.51 Å². The monoisotopic (exact) mass is 789 g/mol. The Morgan fingerprint density at radius 1 is 1.00 bits per heavy atom. The molecule has 278 valence electrons. The number of guanidine groups is 1. The van der Waals surface area contributed by atoms with Gasteiger partial charge in [0.15, 0.2) is 16.1 Å². The third-order valence-corrected chi connectivity index (χ3v) is 7.43. The summed E-state index contributed by atoms with van der Waals surface area (Å²) in [7, 11) is -0.150. The first kappa shape index (κ1) is 45.0. The normalized spacial score (nSPS) is 12.8. The van der Waals surface area contributed by atoms with Gasteiger partial charge in [0.05, 0.1) is 33.3 Å². The van der Waals surface area contributed by atoms with Crippen molar-refractivity contribution in [2.75, 3.05) is 40.8 Å². The van der Waals surface area contributed by atoms with Crippen molar-refractivity contribution in [1.82, 2.24) is 25.8 Å². The maximum Gasteiger partial charge on any atom is 0.485 e.